The van der Waals surface area contributed by atoms with Gasteiger partial charge in [-0.05, 0) is 16.7 Å². The van der Waals surface area contributed by atoms with E-state index >= 15 is 0 Å². The lowest BCUT2D eigenvalue weighted by molar-refractivity contribution is -0.269. The van der Waals surface area contributed by atoms with E-state index in [1.165, 1.54) is 14.0 Å². The second kappa shape index (κ2) is 11.8. The van der Waals surface area contributed by atoms with Crippen molar-refractivity contribution in [2.24, 2.45) is 0 Å². The van der Waals surface area contributed by atoms with Crippen molar-refractivity contribution < 1.29 is 28.8 Å². The number of amides is 1. The zero-order chi connectivity index (χ0) is 25.5. The van der Waals surface area contributed by atoms with Crippen LogP contribution >= 0.6 is 0 Å². The van der Waals surface area contributed by atoms with E-state index in [4.69, 9.17) is 18.9 Å². The highest BCUT2D eigenvalue weighted by molar-refractivity contribution is 5.73. The number of hydrogen-bond acceptors (Lipinski definition) is 6. The van der Waals surface area contributed by atoms with Gasteiger partial charge in [0.15, 0.2) is 6.29 Å². The molecule has 1 heterocycles. The third-order valence-electron chi connectivity index (χ3n) is 6.58. The number of ether oxygens (including phenoxy) is 4. The van der Waals surface area contributed by atoms with E-state index in [0.29, 0.717) is 0 Å². The van der Waals surface area contributed by atoms with Crippen LogP contribution in [0.3, 0.4) is 0 Å². The molecule has 1 aliphatic rings. The summed E-state index contributed by atoms with van der Waals surface area (Å²) in [7, 11) is 3.07. The zero-order valence-electron chi connectivity index (χ0n) is 20.7. The number of aliphatic hydroxyl groups excluding tert-OH is 1. The average Bonchev–Trinajstić information content (AvgIpc) is 2.91. The Morgan fingerprint density at radius 3 is 1.67 bits per heavy atom. The number of carbonyl (C=O) groups is 1. The fourth-order valence-corrected chi connectivity index (χ4v) is 4.98. The monoisotopic (exact) mass is 491 g/mol. The molecule has 1 fully saturated rings. The second-order valence-electron chi connectivity index (χ2n) is 8.78. The molecular weight excluding hydrogens is 458 g/mol. The second-order valence-corrected chi connectivity index (χ2v) is 8.78. The topological polar surface area (TPSA) is 86.3 Å². The van der Waals surface area contributed by atoms with Crippen LogP contribution in [0.4, 0.5) is 0 Å². The Balaban J connectivity index is 1.74. The fourth-order valence-electron chi connectivity index (χ4n) is 4.98. The number of methoxy groups -OCH3 is 2. The molecular formula is C29H33NO6. The van der Waals surface area contributed by atoms with Gasteiger partial charge < -0.3 is 29.4 Å². The van der Waals surface area contributed by atoms with Crippen molar-refractivity contribution >= 4 is 5.91 Å². The van der Waals surface area contributed by atoms with Crippen molar-refractivity contribution in [3.63, 3.8) is 0 Å². The van der Waals surface area contributed by atoms with E-state index in [2.05, 4.69) is 5.32 Å². The van der Waals surface area contributed by atoms with Crippen molar-refractivity contribution in [1.29, 1.82) is 0 Å². The Morgan fingerprint density at radius 1 is 0.833 bits per heavy atom. The molecule has 0 bridgehead atoms. The van der Waals surface area contributed by atoms with E-state index in [1.807, 2.05) is 91.0 Å². The lowest BCUT2D eigenvalue weighted by atomic mass is 9.80. The first-order valence-corrected chi connectivity index (χ1v) is 12.0. The molecule has 1 amide bonds. The SMILES string of the molecule is CO[C@@H]1[C@@H](NC(C)=O)[C@@H](O)O[C@H](COC(c2ccccc2)(c2ccccc2)c2ccccc2)[C@H]1OC. The van der Waals surface area contributed by atoms with Gasteiger partial charge in [0.05, 0.1) is 6.61 Å². The largest absolute Gasteiger partial charge is 0.376 e. The van der Waals surface area contributed by atoms with Crippen LogP contribution in [0.1, 0.15) is 23.6 Å². The maximum atomic E-state index is 11.7. The van der Waals surface area contributed by atoms with Gasteiger partial charge in [-0.15, -0.1) is 0 Å². The van der Waals surface area contributed by atoms with Gasteiger partial charge in [0.1, 0.15) is 30.0 Å². The Labute approximate surface area is 212 Å². The molecule has 3 aromatic rings. The van der Waals surface area contributed by atoms with Crippen LogP contribution < -0.4 is 5.32 Å². The summed E-state index contributed by atoms with van der Waals surface area (Å²) in [5.74, 6) is -0.300. The molecule has 1 saturated heterocycles. The van der Waals surface area contributed by atoms with Gasteiger partial charge in [-0.1, -0.05) is 91.0 Å². The molecule has 36 heavy (non-hydrogen) atoms. The summed E-state index contributed by atoms with van der Waals surface area (Å²) in [6, 6.07) is 29.2. The number of rotatable bonds is 9. The van der Waals surface area contributed by atoms with Gasteiger partial charge in [-0.2, -0.15) is 0 Å². The van der Waals surface area contributed by atoms with E-state index in [9.17, 15) is 9.90 Å². The normalized spacial score (nSPS) is 24.3. The predicted octanol–water partition coefficient (Wildman–Crippen LogP) is 3.25. The summed E-state index contributed by atoms with van der Waals surface area (Å²) in [6.45, 7) is 1.46. The number of aliphatic hydroxyl groups is 1. The fraction of sp³-hybridized carbons (Fsp3) is 0.345. The smallest absolute Gasteiger partial charge is 0.217 e. The lowest BCUT2D eigenvalue weighted by Gasteiger charge is -2.45. The third-order valence-corrected chi connectivity index (χ3v) is 6.58. The molecule has 0 radical (unpaired) electrons. The van der Waals surface area contributed by atoms with Gasteiger partial charge >= 0.3 is 0 Å². The molecule has 0 unspecified atom stereocenters. The van der Waals surface area contributed by atoms with Gasteiger partial charge in [0, 0.05) is 21.1 Å². The van der Waals surface area contributed by atoms with Crippen LogP contribution in [-0.2, 0) is 29.3 Å². The van der Waals surface area contributed by atoms with Gasteiger partial charge in [-0.25, -0.2) is 0 Å². The molecule has 4 rings (SSSR count). The highest BCUT2D eigenvalue weighted by Gasteiger charge is 2.48. The average molecular weight is 492 g/mol. The summed E-state index contributed by atoms with van der Waals surface area (Å²) in [5, 5.41) is 13.5. The highest BCUT2D eigenvalue weighted by atomic mass is 16.7. The molecule has 1 aliphatic heterocycles. The van der Waals surface area contributed by atoms with Crippen LogP contribution in [0, 0.1) is 0 Å². The van der Waals surface area contributed by atoms with E-state index in [0.717, 1.165) is 16.7 Å². The lowest BCUT2D eigenvalue weighted by Crippen LogP contribution is -2.65. The standard InChI is InChI=1S/C29H33NO6/c1-20(31)30-25-27(34-3)26(33-2)24(36-28(25)32)19-35-29(21-13-7-4-8-14-21,22-15-9-5-10-16-22)23-17-11-6-12-18-23/h4-18,24-28,32H,19H2,1-3H3,(H,30,31)/t24-,25-,26-,27-,28+/m1/s1. The first kappa shape index (κ1) is 26.0. The maximum Gasteiger partial charge on any atom is 0.217 e. The minimum atomic E-state index is -1.29. The van der Waals surface area contributed by atoms with Crippen LogP contribution in [0.25, 0.3) is 0 Å². The van der Waals surface area contributed by atoms with Crippen LogP contribution in [0.2, 0.25) is 0 Å². The van der Waals surface area contributed by atoms with Crippen molar-refractivity contribution in [3.8, 4) is 0 Å². The minimum Gasteiger partial charge on any atom is -0.376 e. The van der Waals surface area contributed by atoms with Crippen LogP contribution in [0.5, 0.6) is 0 Å². The van der Waals surface area contributed by atoms with Crippen molar-refractivity contribution in [1.82, 2.24) is 5.32 Å². The summed E-state index contributed by atoms with van der Waals surface area (Å²) < 4.78 is 24.2. The maximum absolute atomic E-state index is 11.7. The van der Waals surface area contributed by atoms with E-state index in [-0.39, 0.29) is 12.5 Å². The Bertz CT molecular complexity index is 998. The van der Waals surface area contributed by atoms with Crippen molar-refractivity contribution in [2.75, 3.05) is 20.8 Å². The minimum absolute atomic E-state index is 0.0842. The van der Waals surface area contributed by atoms with Gasteiger partial charge in [0.2, 0.25) is 5.91 Å². The van der Waals surface area contributed by atoms with Gasteiger partial charge in [0.25, 0.3) is 0 Å². The van der Waals surface area contributed by atoms with E-state index in [1.54, 1.807) is 7.11 Å². The molecule has 0 aliphatic carbocycles. The molecule has 190 valence electrons. The number of hydrogen-bond donors (Lipinski definition) is 2. The van der Waals surface area contributed by atoms with Crippen molar-refractivity contribution in [2.45, 2.75) is 43.2 Å². The molecule has 0 aromatic heterocycles. The van der Waals surface area contributed by atoms with Crippen LogP contribution in [0.15, 0.2) is 91.0 Å². The summed E-state index contributed by atoms with van der Waals surface area (Å²) in [6.07, 6.45) is -3.21. The molecule has 5 atom stereocenters. The number of nitrogens with one attached hydrogen (secondary N) is 1. The van der Waals surface area contributed by atoms with Crippen LogP contribution in [-0.4, -0.2) is 62.5 Å². The zero-order valence-corrected chi connectivity index (χ0v) is 20.7. The molecule has 7 nitrogen and oxygen atoms in total. The predicted molar refractivity (Wildman–Crippen MR) is 135 cm³/mol. The molecule has 3 aromatic carbocycles. The van der Waals surface area contributed by atoms with Crippen molar-refractivity contribution in [3.05, 3.63) is 108 Å². The summed E-state index contributed by atoms with van der Waals surface area (Å²) in [4.78, 5) is 11.7. The first-order chi connectivity index (χ1) is 17.5. The quantitative estimate of drug-likeness (QED) is 0.447. The first-order valence-electron chi connectivity index (χ1n) is 12.0. The third kappa shape index (κ3) is 5.21. The molecule has 0 saturated carbocycles. The Kier molecular flexibility index (Phi) is 8.51. The molecule has 7 heteroatoms. The molecule has 0 spiro atoms. The van der Waals surface area contributed by atoms with E-state index < -0.39 is 36.2 Å². The molecule has 2 N–H and O–H groups in total. The number of carbonyl (C=O) groups excluding carboxylic acids is 1. The Hall–Kier alpha value is -3.07. The summed E-state index contributed by atoms with van der Waals surface area (Å²) in [5.41, 5.74) is 1.90. The highest BCUT2D eigenvalue weighted by Crippen LogP contribution is 2.41. The Morgan fingerprint density at radius 2 is 1.28 bits per heavy atom. The summed E-state index contributed by atoms with van der Waals surface area (Å²) >= 11 is 0. The van der Waals surface area contributed by atoms with Gasteiger partial charge in [-0.3, -0.25) is 4.79 Å². The number of benzene rings is 3.